The van der Waals surface area contributed by atoms with Crippen molar-refractivity contribution in [3.05, 3.63) is 12.5 Å². The van der Waals surface area contributed by atoms with Crippen molar-refractivity contribution < 1.29 is 9.53 Å². The van der Waals surface area contributed by atoms with Gasteiger partial charge in [0, 0.05) is 13.0 Å². The van der Waals surface area contributed by atoms with Crippen molar-refractivity contribution >= 4 is 5.78 Å². The van der Waals surface area contributed by atoms with Gasteiger partial charge in [-0.25, -0.2) is 0 Å². The lowest BCUT2D eigenvalue weighted by molar-refractivity contribution is -0.123. The Morgan fingerprint density at radius 1 is 1.50 bits per heavy atom. The Hall–Kier alpha value is -0.990. The summed E-state index contributed by atoms with van der Waals surface area (Å²) in [5.41, 5.74) is -0.239. The lowest BCUT2D eigenvalue weighted by Gasteiger charge is -2.33. The molecule has 1 saturated heterocycles. The molecule has 3 nitrogen and oxygen atoms in total. The first-order chi connectivity index (χ1) is 6.38. The quantitative estimate of drug-likeness (QED) is 0.634. The maximum atomic E-state index is 11.2. The van der Waals surface area contributed by atoms with E-state index in [0.717, 1.165) is 13.0 Å². The molecule has 0 aromatic heterocycles. The SMILES string of the molecule is C=C(OC(C)(C)C)N1CCCC(=O)C1. The van der Waals surface area contributed by atoms with Gasteiger partial charge in [-0.1, -0.05) is 0 Å². The topological polar surface area (TPSA) is 29.5 Å². The molecule has 0 bridgehead atoms. The molecule has 3 heteroatoms. The van der Waals surface area contributed by atoms with Crippen LogP contribution in [-0.2, 0) is 9.53 Å². The van der Waals surface area contributed by atoms with Crippen LogP contribution >= 0.6 is 0 Å². The molecular formula is C11H19NO2. The zero-order valence-electron chi connectivity index (χ0n) is 9.30. The van der Waals surface area contributed by atoms with Gasteiger partial charge in [0.1, 0.15) is 5.60 Å². The molecule has 1 fully saturated rings. The Kier molecular flexibility index (Phi) is 3.19. The van der Waals surface area contributed by atoms with Crippen molar-refractivity contribution in [1.29, 1.82) is 0 Å². The van der Waals surface area contributed by atoms with Crippen molar-refractivity contribution in [2.75, 3.05) is 13.1 Å². The van der Waals surface area contributed by atoms with Gasteiger partial charge in [-0.3, -0.25) is 4.79 Å². The molecule has 1 aliphatic heterocycles. The molecule has 0 aliphatic carbocycles. The molecular weight excluding hydrogens is 178 g/mol. The summed E-state index contributed by atoms with van der Waals surface area (Å²) < 4.78 is 5.60. The van der Waals surface area contributed by atoms with Gasteiger partial charge in [-0.15, -0.1) is 0 Å². The number of likely N-dealkylation sites (tertiary alicyclic amines) is 1. The maximum Gasteiger partial charge on any atom is 0.182 e. The third-order valence-corrected chi connectivity index (χ3v) is 2.03. The smallest absolute Gasteiger partial charge is 0.182 e. The predicted molar refractivity (Wildman–Crippen MR) is 55.8 cm³/mol. The minimum absolute atomic E-state index is 0.239. The molecule has 1 heterocycles. The number of carbonyl (C=O) groups excluding carboxylic acids is 1. The van der Waals surface area contributed by atoms with Crippen LogP contribution in [0.4, 0.5) is 0 Å². The molecule has 0 unspecified atom stereocenters. The van der Waals surface area contributed by atoms with E-state index in [2.05, 4.69) is 6.58 Å². The van der Waals surface area contributed by atoms with Gasteiger partial charge in [-0.2, -0.15) is 0 Å². The average molecular weight is 197 g/mol. The fourth-order valence-electron chi connectivity index (χ4n) is 1.47. The summed E-state index contributed by atoms with van der Waals surface area (Å²) in [7, 11) is 0. The zero-order chi connectivity index (χ0) is 10.8. The number of hydrogen-bond donors (Lipinski definition) is 0. The summed E-state index contributed by atoms with van der Waals surface area (Å²) in [6, 6.07) is 0. The van der Waals surface area contributed by atoms with E-state index in [1.807, 2.05) is 25.7 Å². The number of Topliss-reactive ketones (excluding diaryl/α,β-unsaturated/α-hetero) is 1. The van der Waals surface area contributed by atoms with Crippen LogP contribution in [-0.4, -0.2) is 29.4 Å². The summed E-state index contributed by atoms with van der Waals surface area (Å²) in [4.78, 5) is 13.1. The highest BCUT2D eigenvalue weighted by atomic mass is 16.5. The van der Waals surface area contributed by atoms with Crippen molar-refractivity contribution in [2.24, 2.45) is 0 Å². The van der Waals surface area contributed by atoms with Crippen LogP contribution in [0.3, 0.4) is 0 Å². The van der Waals surface area contributed by atoms with Crippen LogP contribution in [0.5, 0.6) is 0 Å². The molecule has 0 radical (unpaired) electrons. The van der Waals surface area contributed by atoms with E-state index in [-0.39, 0.29) is 11.4 Å². The van der Waals surface area contributed by atoms with Crippen LogP contribution in [0.1, 0.15) is 33.6 Å². The zero-order valence-corrected chi connectivity index (χ0v) is 9.30. The molecule has 0 amide bonds. The number of hydrogen-bond acceptors (Lipinski definition) is 3. The van der Waals surface area contributed by atoms with Gasteiger partial charge >= 0.3 is 0 Å². The Morgan fingerprint density at radius 3 is 2.64 bits per heavy atom. The molecule has 14 heavy (non-hydrogen) atoms. The second-order valence-corrected chi connectivity index (χ2v) is 4.67. The van der Waals surface area contributed by atoms with Gasteiger partial charge in [0.15, 0.2) is 11.7 Å². The fraction of sp³-hybridized carbons (Fsp3) is 0.727. The van der Waals surface area contributed by atoms with Gasteiger partial charge in [0.2, 0.25) is 0 Å². The molecule has 0 aromatic carbocycles. The fourth-order valence-corrected chi connectivity index (χ4v) is 1.47. The summed E-state index contributed by atoms with van der Waals surface area (Å²) in [5.74, 6) is 0.889. The van der Waals surface area contributed by atoms with Gasteiger partial charge in [0.05, 0.1) is 6.54 Å². The summed E-state index contributed by atoms with van der Waals surface area (Å²) in [6.07, 6.45) is 1.60. The molecule has 1 rings (SSSR count). The van der Waals surface area contributed by atoms with Crippen molar-refractivity contribution in [3.63, 3.8) is 0 Å². The van der Waals surface area contributed by atoms with Crippen LogP contribution in [0, 0.1) is 0 Å². The minimum atomic E-state index is -0.239. The Labute approximate surface area is 85.7 Å². The van der Waals surface area contributed by atoms with Gasteiger partial charge < -0.3 is 9.64 Å². The number of ether oxygens (including phenoxy) is 1. The number of rotatable bonds is 2. The largest absolute Gasteiger partial charge is 0.474 e. The van der Waals surface area contributed by atoms with E-state index in [1.54, 1.807) is 0 Å². The molecule has 0 saturated carbocycles. The molecule has 80 valence electrons. The number of nitrogens with zero attached hydrogens (tertiary/aromatic N) is 1. The third kappa shape index (κ3) is 3.40. The highest BCUT2D eigenvalue weighted by molar-refractivity contribution is 5.81. The second-order valence-electron chi connectivity index (χ2n) is 4.67. The van der Waals surface area contributed by atoms with Crippen LogP contribution in [0.2, 0.25) is 0 Å². The number of carbonyl (C=O) groups is 1. The van der Waals surface area contributed by atoms with Crippen molar-refractivity contribution in [3.8, 4) is 0 Å². The average Bonchev–Trinajstić information content (AvgIpc) is 2.01. The highest BCUT2D eigenvalue weighted by Gasteiger charge is 2.21. The monoisotopic (exact) mass is 197 g/mol. The van der Waals surface area contributed by atoms with Crippen LogP contribution < -0.4 is 0 Å². The first-order valence-corrected chi connectivity index (χ1v) is 5.03. The van der Waals surface area contributed by atoms with E-state index >= 15 is 0 Å². The Bertz CT molecular complexity index is 240. The molecule has 1 aliphatic rings. The molecule has 0 N–H and O–H groups in total. The summed E-state index contributed by atoms with van der Waals surface area (Å²) in [5, 5.41) is 0. The van der Waals surface area contributed by atoms with E-state index < -0.39 is 0 Å². The van der Waals surface area contributed by atoms with E-state index in [9.17, 15) is 4.79 Å². The third-order valence-electron chi connectivity index (χ3n) is 2.03. The second kappa shape index (κ2) is 4.03. The van der Waals surface area contributed by atoms with E-state index in [0.29, 0.717) is 18.8 Å². The van der Waals surface area contributed by atoms with Gasteiger partial charge in [0.25, 0.3) is 0 Å². The van der Waals surface area contributed by atoms with Gasteiger partial charge in [-0.05, 0) is 33.8 Å². The summed E-state index contributed by atoms with van der Waals surface area (Å²) in [6.45, 7) is 11.1. The Balaban J connectivity index is 2.48. The lowest BCUT2D eigenvalue weighted by atomic mass is 10.1. The maximum absolute atomic E-state index is 11.2. The van der Waals surface area contributed by atoms with Crippen LogP contribution in [0.25, 0.3) is 0 Å². The van der Waals surface area contributed by atoms with E-state index in [4.69, 9.17) is 4.74 Å². The highest BCUT2D eigenvalue weighted by Crippen LogP contribution is 2.18. The molecule has 0 aromatic rings. The minimum Gasteiger partial charge on any atom is -0.474 e. The Morgan fingerprint density at radius 2 is 2.14 bits per heavy atom. The van der Waals surface area contributed by atoms with Crippen LogP contribution in [0.15, 0.2) is 12.5 Å². The molecule has 0 atom stereocenters. The molecule has 0 spiro atoms. The predicted octanol–water partition coefficient (Wildman–Crippen LogP) is 1.94. The first-order valence-electron chi connectivity index (χ1n) is 5.03. The van der Waals surface area contributed by atoms with E-state index in [1.165, 1.54) is 0 Å². The first kappa shape index (κ1) is 11.1. The number of ketones is 1. The normalized spacial score (nSPS) is 18.2. The van der Waals surface area contributed by atoms with Crippen molar-refractivity contribution in [2.45, 2.75) is 39.2 Å². The number of piperidine rings is 1. The van der Waals surface area contributed by atoms with Crippen molar-refractivity contribution in [1.82, 2.24) is 4.90 Å². The lowest BCUT2D eigenvalue weighted by Crippen LogP contribution is -2.37. The summed E-state index contributed by atoms with van der Waals surface area (Å²) >= 11 is 0. The standard InChI is InChI=1S/C11H19NO2/c1-9(14-11(2,3)4)12-7-5-6-10(13)8-12/h1,5-8H2,2-4H3.